The topological polar surface area (TPSA) is 46.9 Å². The maximum Gasteiger partial charge on any atom is 0.276 e. The van der Waals surface area contributed by atoms with Crippen LogP contribution in [0.15, 0.2) is 72.8 Å². The van der Waals surface area contributed by atoms with Gasteiger partial charge < -0.3 is 5.32 Å². The van der Waals surface area contributed by atoms with Gasteiger partial charge in [0.05, 0.1) is 22.1 Å². The standard InChI is InChI=1S/C23H16Cl3N3O/c1-14-2-9-18(10-3-14)29-22(15-4-6-16(24)7-5-15)13-21(28-29)23(30)27-20-11-8-17(25)12-19(20)26/h2-13H,1H3,(H,27,30). The summed E-state index contributed by atoms with van der Waals surface area (Å²) in [5, 5.41) is 8.82. The van der Waals surface area contributed by atoms with Crippen LogP contribution in [0, 0.1) is 6.92 Å². The first-order chi connectivity index (χ1) is 14.4. The van der Waals surface area contributed by atoms with E-state index in [0.29, 0.717) is 20.8 Å². The van der Waals surface area contributed by atoms with Gasteiger partial charge in [-0.3, -0.25) is 4.79 Å². The van der Waals surface area contributed by atoms with Crippen molar-refractivity contribution in [1.82, 2.24) is 9.78 Å². The number of halogens is 3. The van der Waals surface area contributed by atoms with Crippen molar-refractivity contribution >= 4 is 46.4 Å². The van der Waals surface area contributed by atoms with E-state index < -0.39 is 0 Å². The van der Waals surface area contributed by atoms with Crippen LogP contribution < -0.4 is 5.32 Å². The molecule has 1 N–H and O–H groups in total. The quantitative estimate of drug-likeness (QED) is 0.357. The number of carbonyl (C=O) groups is 1. The molecule has 0 aliphatic heterocycles. The average Bonchev–Trinajstić information content (AvgIpc) is 3.17. The fourth-order valence-corrected chi connectivity index (χ4v) is 3.56. The second kappa shape index (κ2) is 8.52. The number of aryl methyl sites for hydroxylation is 1. The van der Waals surface area contributed by atoms with E-state index in [-0.39, 0.29) is 11.6 Å². The Morgan fingerprint density at radius 3 is 2.20 bits per heavy atom. The molecule has 0 saturated carbocycles. The van der Waals surface area contributed by atoms with E-state index in [4.69, 9.17) is 34.8 Å². The zero-order valence-corrected chi connectivity index (χ0v) is 18.1. The molecule has 0 saturated heterocycles. The number of anilines is 1. The number of benzene rings is 3. The molecule has 0 atom stereocenters. The Labute approximate surface area is 189 Å². The summed E-state index contributed by atoms with van der Waals surface area (Å²) >= 11 is 18.1. The van der Waals surface area contributed by atoms with Crippen molar-refractivity contribution in [1.29, 1.82) is 0 Å². The van der Waals surface area contributed by atoms with Gasteiger partial charge in [0.15, 0.2) is 5.69 Å². The van der Waals surface area contributed by atoms with Gasteiger partial charge in [0.25, 0.3) is 5.91 Å². The molecule has 0 aliphatic carbocycles. The van der Waals surface area contributed by atoms with E-state index in [0.717, 1.165) is 22.5 Å². The number of amides is 1. The van der Waals surface area contributed by atoms with Crippen LogP contribution in [0.25, 0.3) is 16.9 Å². The molecular weight excluding hydrogens is 441 g/mol. The van der Waals surface area contributed by atoms with Gasteiger partial charge in [-0.25, -0.2) is 4.68 Å². The molecule has 3 aromatic carbocycles. The second-order valence-electron chi connectivity index (χ2n) is 6.75. The minimum atomic E-state index is -0.375. The van der Waals surface area contributed by atoms with Gasteiger partial charge in [0.2, 0.25) is 0 Å². The van der Waals surface area contributed by atoms with Crippen molar-refractivity contribution in [2.45, 2.75) is 6.92 Å². The van der Waals surface area contributed by atoms with Gasteiger partial charge in [-0.2, -0.15) is 5.10 Å². The molecule has 4 nitrogen and oxygen atoms in total. The summed E-state index contributed by atoms with van der Waals surface area (Å²) in [6.07, 6.45) is 0. The summed E-state index contributed by atoms with van der Waals surface area (Å²) in [7, 11) is 0. The Balaban J connectivity index is 1.75. The minimum absolute atomic E-state index is 0.256. The SMILES string of the molecule is Cc1ccc(-n2nc(C(=O)Nc3ccc(Cl)cc3Cl)cc2-c2ccc(Cl)cc2)cc1. The number of hydrogen-bond donors (Lipinski definition) is 1. The lowest BCUT2D eigenvalue weighted by Crippen LogP contribution is -2.13. The Bertz CT molecular complexity index is 1150. The molecular formula is C23H16Cl3N3O. The number of nitrogens with zero attached hydrogens (tertiary/aromatic N) is 2. The number of carbonyl (C=O) groups excluding carboxylic acids is 1. The first-order valence-electron chi connectivity index (χ1n) is 9.10. The molecule has 1 aromatic heterocycles. The smallest absolute Gasteiger partial charge is 0.276 e. The predicted molar refractivity (Wildman–Crippen MR) is 123 cm³/mol. The Hall–Kier alpha value is -2.79. The molecule has 1 heterocycles. The first kappa shape index (κ1) is 20.5. The van der Waals surface area contributed by atoms with Crippen molar-refractivity contribution in [2.75, 3.05) is 5.32 Å². The molecule has 0 radical (unpaired) electrons. The molecule has 7 heteroatoms. The third-order valence-electron chi connectivity index (χ3n) is 4.54. The van der Waals surface area contributed by atoms with Crippen molar-refractivity contribution in [2.24, 2.45) is 0 Å². The summed E-state index contributed by atoms with van der Waals surface area (Å²) < 4.78 is 1.74. The zero-order chi connectivity index (χ0) is 21.3. The van der Waals surface area contributed by atoms with Crippen molar-refractivity contribution in [3.05, 3.63) is 99.1 Å². The molecule has 0 fully saturated rings. The lowest BCUT2D eigenvalue weighted by atomic mass is 10.1. The molecule has 150 valence electrons. The minimum Gasteiger partial charge on any atom is -0.319 e. The average molecular weight is 457 g/mol. The van der Waals surface area contributed by atoms with Gasteiger partial charge in [-0.1, -0.05) is 64.6 Å². The van der Waals surface area contributed by atoms with E-state index >= 15 is 0 Å². The number of nitrogens with one attached hydrogen (secondary N) is 1. The number of hydrogen-bond acceptors (Lipinski definition) is 2. The van der Waals surface area contributed by atoms with Crippen LogP contribution in [0.4, 0.5) is 5.69 Å². The Morgan fingerprint density at radius 1 is 0.867 bits per heavy atom. The van der Waals surface area contributed by atoms with Crippen LogP contribution in [-0.2, 0) is 0 Å². The summed E-state index contributed by atoms with van der Waals surface area (Å²) in [4.78, 5) is 12.9. The van der Waals surface area contributed by atoms with Crippen LogP contribution in [-0.4, -0.2) is 15.7 Å². The highest BCUT2D eigenvalue weighted by Gasteiger charge is 2.18. The van der Waals surface area contributed by atoms with E-state index in [1.54, 1.807) is 41.1 Å². The van der Waals surface area contributed by atoms with Gasteiger partial charge in [0.1, 0.15) is 0 Å². The number of rotatable bonds is 4. The van der Waals surface area contributed by atoms with Crippen LogP contribution in [0.1, 0.15) is 16.1 Å². The highest BCUT2D eigenvalue weighted by Crippen LogP contribution is 2.28. The van der Waals surface area contributed by atoms with Crippen molar-refractivity contribution in [3.8, 4) is 16.9 Å². The highest BCUT2D eigenvalue weighted by atomic mass is 35.5. The van der Waals surface area contributed by atoms with E-state index in [1.165, 1.54) is 0 Å². The third-order valence-corrected chi connectivity index (χ3v) is 5.34. The molecule has 4 aromatic rings. The van der Waals surface area contributed by atoms with E-state index in [2.05, 4.69) is 10.4 Å². The maximum atomic E-state index is 12.9. The van der Waals surface area contributed by atoms with E-state index in [1.807, 2.05) is 43.3 Å². The van der Waals surface area contributed by atoms with Crippen LogP contribution in [0.3, 0.4) is 0 Å². The van der Waals surface area contributed by atoms with Crippen molar-refractivity contribution < 1.29 is 4.79 Å². The monoisotopic (exact) mass is 455 g/mol. The van der Waals surface area contributed by atoms with Crippen LogP contribution >= 0.6 is 34.8 Å². The van der Waals surface area contributed by atoms with Gasteiger partial charge in [-0.15, -0.1) is 0 Å². The second-order valence-corrected chi connectivity index (χ2v) is 8.03. The van der Waals surface area contributed by atoms with Crippen molar-refractivity contribution in [3.63, 3.8) is 0 Å². The lowest BCUT2D eigenvalue weighted by molar-refractivity contribution is 0.102. The molecule has 0 bridgehead atoms. The van der Waals surface area contributed by atoms with Gasteiger partial charge in [-0.05, 0) is 55.5 Å². The molecule has 4 rings (SSSR count). The third kappa shape index (κ3) is 4.36. The molecule has 30 heavy (non-hydrogen) atoms. The van der Waals surface area contributed by atoms with Gasteiger partial charge >= 0.3 is 0 Å². The van der Waals surface area contributed by atoms with Crippen LogP contribution in [0.5, 0.6) is 0 Å². The van der Waals surface area contributed by atoms with Gasteiger partial charge in [0, 0.05) is 15.6 Å². The first-order valence-corrected chi connectivity index (χ1v) is 10.2. The Kier molecular flexibility index (Phi) is 5.82. The zero-order valence-electron chi connectivity index (χ0n) is 15.9. The van der Waals surface area contributed by atoms with Crippen LogP contribution in [0.2, 0.25) is 15.1 Å². The Morgan fingerprint density at radius 2 is 1.53 bits per heavy atom. The predicted octanol–water partition coefficient (Wildman–Crippen LogP) is 7.06. The highest BCUT2D eigenvalue weighted by molar-refractivity contribution is 6.36. The summed E-state index contributed by atoms with van der Waals surface area (Å²) in [6, 6.07) is 21.9. The molecule has 1 amide bonds. The number of aromatic nitrogens is 2. The normalized spacial score (nSPS) is 10.8. The largest absolute Gasteiger partial charge is 0.319 e. The fourth-order valence-electron chi connectivity index (χ4n) is 2.98. The fraction of sp³-hybridized carbons (Fsp3) is 0.0435. The summed E-state index contributed by atoms with van der Waals surface area (Å²) in [5.74, 6) is -0.375. The summed E-state index contributed by atoms with van der Waals surface area (Å²) in [6.45, 7) is 2.02. The molecule has 0 aliphatic rings. The summed E-state index contributed by atoms with van der Waals surface area (Å²) in [5.41, 5.74) is 4.35. The maximum absolute atomic E-state index is 12.9. The molecule has 0 unspecified atom stereocenters. The molecule has 0 spiro atoms. The van der Waals surface area contributed by atoms with E-state index in [9.17, 15) is 4.79 Å². The lowest BCUT2D eigenvalue weighted by Gasteiger charge is -2.08.